The maximum Gasteiger partial charge on any atom is 0.268 e. The summed E-state index contributed by atoms with van der Waals surface area (Å²) in [5.74, 6) is 4.48. The van der Waals surface area contributed by atoms with Gasteiger partial charge in [0.25, 0.3) is 11.8 Å². The molecule has 2 unspecified atom stereocenters. The summed E-state index contributed by atoms with van der Waals surface area (Å²) in [6.45, 7) is 4.66. The van der Waals surface area contributed by atoms with Crippen LogP contribution in [0.3, 0.4) is 0 Å². The van der Waals surface area contributed by atoms with Crippen molar-refractivity contribution in [2.45, 2.75) is 38.8 Å². The lowest BCUT2D eigenvalue weighted by atomic mass is 10.1. The van der Waals surface area contributed by atoms with Crippen molar-refractivity contribution in [1.29, 1.82) is 0 Å². The van der Waals surface area contributed by atoms with Gasteiger partial charge in [0, 0.05) is 22.4 Å². The van der Waals surface area contributed by atoms with E-state index in [0.717, 1.165) is 24.9 Å². The molecule has 9 heteroatoms. The van der Waals surface area contributed by atoms with Crippen molar-refractivity contribution in [2.75, 3.05) is 25.5 Å². The summed E-state index contributed by atoms with van der Waals surface area (Å²) in [4.78, 5) is 38.0. The van der Waals surface area contributed by atoms with Crippen LogP contribution in [0.5, 0.6) is 0 Å². The SMILES string of the molecule is CCCCN(C)CC(=O)Nc1ccc(C#Cc2ccc(C(=O)NC(C(=O)NO)C(C)O)cc2)cc1. The van der Waals surface area contributed by atoms with E-state index in [1.165, 1.54) is 12.4 Å². The van der Waals surface area contributed by atoms with Crippen LogP contribution in [0.1, 0.15) is 48.2 Å². The van der Waals surface area contributed by atoms with Gasteiger partial charge in [0.2, 0.25) is 5.91 Å². The third kappa shape index (κ3) is 9.22. The topological polar surface area (TPSA) is 131 Å². The number of hydrogen-bond donors (Lipinski definition) is 5. The van der Waals surface area contributed by atoms with Crippen molar-refractivity contribution in [2.24, 2.45) is 0 Å². The summed E-state index contributed by atoms with van der Waals surface area (Å²) in [6, 6.07) is 12.3. The van der Waals surface area contributed by atoms with Crippen LogP contribution < -0.4 is 16.1 Å². The second-order valence-corrected chi connectivity index (χ2v) is 8.21. The molecule has 0 aliphatic rings. The van der Waals surface area contributed by atoms with Gasteiger partial charge in [-0.3, -0.25) is 24.5 Å². The van der Waals surface area contributed by atoms with Gasteiger partial charge < -0.3 is 15.7 Å². The van der Waals surface area contributed by atoms with Crippen molar-refractivity contribution in [3.8, 4) is 11.8 Å². The lowest BCUT2D eigenvalue weighted by Gasteiger charge is -2.19. The summed E-state index contributed by atoms with van der Waals surface area (Å²) < 4.78 is 0. The third-order valence-corrected chi connectivity index (χ3v) is 5.14. The predicted octanol–water partition coefficient (Wildman–Crippen LogP) is 1.74. The highest BCUT2D eigenvalue weighted by Gasteiger charge is 2.25. The number of likely N-dealkylation sites (N-methyl/N-ethyl adjacent to an activating group) is 1. The van der Waals surface area contributed by atoms with Crippen LogP contribution in [0.4, 0.5) is 5.69 Å². The lowest BCUT2D eigenvalue weighted by molar-refractivity contribution is -0.133. The monoisotopic (exact) mass is 480 g/mol. The van der Waals surface area contributed by atoms with Crippen LogP contribution in [0.25, 0.3) is 0 Å². The number of carbonyl (C=O) groups excluding carboxylic acids is 3. The van der Waals surface area contributed by atoms with Gasteiger partial charge in [0.05, 0.1) is 12.6 Å². The number of hydrogen-bond acceptors (Lipinski definition) is 6. The molecule has 0 fully saturated rings. The van der Waals surface area contributed by atoms with E-state index in [2.05, 4.69) is 29.4 Å². The number of aliphatic hydroxyl groups is 1. The average molecular weight is 481 g/mol. The normalized spacial score (nSPS) is 12.2. The zero-order valence-corrected chi connectivity index (χ0v) is 20.2. The second kappa shape index (κ2) is 13.9. The van der Waals surface area contributed by atoms with E-state index in [4.69, 9.17) is 5.21 Å². The fraction of sp³-hybridized carbons (Fsp3) is 0.346. The van der Waals surface area contributed by atoms with Crippen LogP contribution in [0.15, 0.2) is 48.5 Å². The molecule has 0 saturated heterocycles. The molecule has 2 aromatic carbocycles. The molecule has 0 heterocycles. The number of nitrogens with zero attached hydrogens (tertiary/aromatic N) is 1. The zero-order chi connectivity index (χ0) is 25.8. The molecule has 0 aromatic heterocycles. The van der Waals surface area contributed by atoms with Gasteiger partial charge in [0.15, 0.2) is 0 Å². The highest BCUT2D eigenvalue weighted by molar-refractivity contribution is 5.97. The molecule has 0 saturated carbocycles. The van der Waals surface area contributed by atoms with Gasteiger partial charge in [-0.25, -0.2) is 5.48 Å². The molecule has 9 nitrogen and oxygen atoms in total. The van der Waals surface area contributed by atoms with Crippen LogP contribution in [-0.2, 0) is 9.59 Å². The quantitative estimate of drug-likeness (QED) is 0.200. The van der Waals surface area contributed by atoms with Gasteiger partial charge in [0.1, 0.15) is 6.04 Å². The van der Waals surface area contributed by atoms with Gasteiger partial charge in [-0.15, -0.1) is 0 Å². The molecule has 186 valence electrons. The second-order valence-electron chi connectivity index (χ2n) is 8.21. The van der Waals surface area contributed by atoms with E-state index >= 15 is 0 Å². The maximum absolute atomic E-state index is 12.3. The van der Waals surface area contributed by atoms with E-state index in [1.807, 2.05) is 24.1 Å². The minimum absolute atomic E-state index is 0.0664. The number of amides is 3. The molecule has 0 bridgehead atoms. The summed E-state index contributed by atoms with van der Waals surface area (Å²) in [6.07, 6.45) is 0.951. The highest BCUT2D eigenvalue weighted by Crippen LogP contribution is 2.10. The fourth-order valence-electron chi connectivity index (χ4n) is 3.14. The minimum Gasteiger partial charge on any atom is -0.391 e. The first-order valence-corrected chi connectivity index (χ1v) is 11.4. The number of hydroxylamine groups is 1. The van der Waals surface area contributed by atoms with E-state index in [1.54, 1.807) is 36.4 Å². The molecule has 35 heavy (non-hydrogen) atoms. The summed E-state index contributed by atoms with van der Waals surface area (Å²) in [5, 5.41) is 23.6. The zero-order valence-electron chi connectivity index (χ0n) is 20.2. The Morgan fingerprint density at radius 3 is 2.09 bits per heavy atom. The number of nitrogens with one attached hydrogen (secondary N) is 3. The number of benzene rings is 2. The molecular weight excluding hydrogens is 448 g/mol. The molecule has 2 atom stereocenters. The Morgan fingerprint density at radius 2 is 1.57 bits per heavy atom. The van der Waals surface area contributed by atoms with E-state index < -0.39 is 24.0 Å². The van der Waals surface area contributed by atoms with Crippen LogP contribution >= 0.6 is 0 Å². The van der Waals surface area contributed by atoms with Crippen molar-refractivity contribution in [3.63, 3.8) is 0 Å². The molecular formula is C26H32N4O5. The minimum atomic E-state index is -1.29. The summed E-state index contributed by atoms with van der Waals surface area (Å²) in [7, 11) is 1.93. The molecule has 2 aromatic rings. The van der Waals surface area contributed by atoms with Crippen LogP contribution in [0, 0.1) is 11.8 Å². The first kappa shape index (κ1) is 27.5. The van der Waals surface area contributed by atoms with Gasteiger partial charge in [-0.05, 0) is 75.5 Å². The van der Waals surface area contributed by atoms with Crippen molar-refractivity contribution < 1.29 is 24.7 Å². The molecule has 0 spiro atoms. The van der Waals surface area contributed by atoms with Crippen molar-refractivity contribution in [3.05, 3.63) is 65.2 Å². The van der Waals surface area contributed by atoms with Gasteiger partial charge in [-0.2, -0.15) is 0 Å². The lowest BCUT2D eigenvalue weighted by Crippen LogP contribution is -2.51. The first-order valence-electron chi connectivity index (χ1n) is 11.4. The van der Waals surface area contributed by atoms with Gasteiger partial charge in [-0.1, -0.05) is 25.2 Å². The molecule has 3 amide bonds. The van der Waals surface area contributed by atoms with Gasteiger partial charge >= 0.3 is 0 Å². The summed E-state index contributed by atoms with van der Waals surface area (Å²) in [5.41, 5.74) is 3.83. The Morgan fingerprint density at radius 1 is 1.00 bits per heavy atom. The Kier molecular flexibility index (Phi) is 10.9. The van der Waals surface area contributed by atoms with E-state index in [0.29, 0.717) is 17.8 Å². The van der Waals surface area contributed by atoms with Crippen LogP contribution in [0.2, 0.25) is 0 Å². The number of anilines is 1. The molecule has 0 radical (unpaired) electrons. The van der Waals surface area contributed by atoms with Crippen molar-refractivity contribution in [1.82, 2.24) is 15.7 Å². The Bertz CT molecular complexity index is 1060. The Hall–Kier alpha value is -3.71. The predicted molar refractivity (Wildman–Crippen MR) is 133 cm³/mol. The fourth-order valence-corrected chi connectivity index (χ4v) is 3.14. The number of carbonyl (C=O) groups is 3. The van der Waals surface area contributed by atoms with Crippen molar-refractivity contribution >= 4 is 23.4 Å². The molecule has 5 N–H and O–H groups in total. The number of unbranched alkanes of at least 4 members (excludes halogenated alkanes) is 1. The highest BCUT2D eigenvalue weighted by atomic mass is 16.5. The maximum atomic E-state index is 12.3. The molecule has 0 aliphatic heterocycles. The standard InChI is InChI=1S/C26H32N4O5/c1-4-5-16-30(3)17-23(32)27-22-14-10-20(11-15-22)7-6-19-8-12-21(13-9-19)25(33)28-24(18(2)31)26(34)29-35/h8-15,18,24,31,35H,4-5,16-17H2,1-3H3,(H,27,32)(H,28,33)(H,29,34). The van der Waals surface area contributed by atoms with E-state index in [9.17, 15) is 19.5 Å². The number of rotatable bonds is 10. The smallest absolute Gasteiger partial charge is 0.268 e. The first-order chi connectivity index (χ1) is 16.7. The largest absolute Gasteiger partial charge is 0.391 e. The third-order valence-electron chi connectivity index (χ3n) is 5.14. The number of aliphatic hydroxyl groups excluding tert-OH is 1. The van der Waals surface area contributed by atoms with Crippen LogP contribution in [-0.4, -0.2) is 65.2 Å². The van der Waals surface area contributed by atoms with E-state index in [-0.39, 0.29) is 11.5 Å². The molecule has 2 rings (SSSR count). The summed E-state index contributed by atoms with van der Waals surface area (Å²) >= 11 is 0. The Labute approximate surface area is 205 Å². The Balaban J connectivity index is 1.94. The average Bonchev–Trinajstić information content (AvgIpc) is 2.85. The molecule has 0 aliphatic carbocycles.